The van der Waals surface area contributed by atoms with Crippen molar-refractivity contribution < 1.29 is 14.6 Å². The van der Waals surface area contributed by atoms with Crippen LogP contribution in [-0.4, -0.2) is 46.0 Å². The average molecular weight is 387 g/mol. The number of methoxy groups -OCH3 is 1. The number of benzene rings is 2. The number of likely N-dealkylation sites (tertiary alicyclic amines) is 1. The second-order valence-electron chi connectivity index (χ2n) is 6.42. The van der Waals surface area contributed by atoms with Crippen LogP contribution < -0.4 is 10.1 Å². The molecule has 0 spiro atoms. The summed E-state index contributed by atoms with van der Waals surface area (Å²) in [5.41, 5.74) is 2.02. The fourth-order valence-electron chi connectivity index (χ4n) is 3.58. The Morgan fingerprint density at radius 2 is 2.19 bits per heavy atom. The van der Waals surface area contributed by atoms with Crippen LogP contribution in [-0.2, 0) is 0 Å². The zero-order chi connectivity index (χ0) is 19.0. The number of hydrogen-bond acceptors (Lipinski definition) is 4. The lowest BCUT2D eigenvalue weighted by Gasteiger charge is -2.28. The third-order valence-electron chi connectivity index (χ3n) is 4.89. The van der Waals surface area contributed by atoms with E-state index in [4.69, 9.17) is 16.3 Å². The van der Waals surface area contributed by atoms with Crippen molar-refractivity contribution in [1.82, 2.24) is 15.1 Å². The molecular weight excluding hydrogens is 368 g/mol. The van der Waals surface area contributed by atoms with E-state index in [2.05, 4.69) is 15.5 Å². The van der Waals surface area contributed by atoms with Crippen LogP contribution >= 0.6 is 11.6 Å². The standard InChI is InChI=1S/C19H19ClN4O3/c1-27-16-5-3-2-4-11(16)18-15(25)8-9-24(18)19(26)22-14-7-6-13(20)12-10-21-23-17(12)14/h2-7,10,15,18,25H,8-9H2,1H3,(H,21,23)(H,22,26)/t15-,18-/m1/s1. The molecule has 0 saturated carbocycles. The third-order valence-corrected chi connectivity index (χ3v) is 5.22. The van der Waals surface area contributed by atoms with Crippen LogP contribution in [0.1, 0.15) is 18.0 Å². The molecule has 140 valence electrons. The highest BCUT2D eigenvalue weighted by Gasteiger charge is 2.38. The van der Waals surface area contributed by atoms with Crippen LogP contribution in [0.2, 0.25) is 5.02 Å². The van der Waals surface area contributed by atoms with Crippen LogP contribution in [0.3, 0.4) is 0 Å². The van der Waals surface area contributed by atoms with Gasteiger partial charge in [0.25, 0.3) is 0 Å². The van der Waals surface area contributed by atoms with E-state index in [9.17, 15) is 9.90 Å². The Morgan fingerprint density at radius 1 is 1.37 bits per heavy atom. The summed E-state index contributed by atoms with van der Waals surface area (Å²) in [6.07, 6.45) is 1.45. The van der Waals surface area contributed by atoms with Crippen LogP contribution in [0.25, 0.3) is 10.9 Å². The first-order valence-corrected chi connectivity index (χ1v) is 8.98. The van der Waals surface area contributed by atoms with Gasteiger partial charge in [0.1, 0.15) is 5.75 Å². The fraction of sp³-hybridized carbons (Fsp3) is 0.263. The molecule has 1 aromatic heterocycles. The SMILES string of the molecule is COc1ccccc1[C@@H]1[C@H](O)CCN1C(=O)Nc1ccc(Cl)c2cn[nH]c12. The molecule has 0 radical (unpaired) electrons. The van der Waals surface area contributed by atoms with Crippen molar-refractivity contribution in [2.75, 3.05) is 19.0 Å². The Morgan fingerprint density at radius 3 is 3.00 bits per heavy atom. The van der Waals surface area contributed by atoms with Gasteiger partial charge in [0.15, 0.2) is 0 Å². The summed E-state index contributed by atoms with van der Waals surface area (Å²) in [7, 11) is 1.58. The fourth-order valence-corrected chi connectivity index (χ4v) is 3.79. The smallest absolute Gasteiger partial charge is 0.322 e. The molecule has 7 nitrogen and oxygen atoms in total. The molecule has 2 atom stereocenters. The summed E-state index contributed by atoms with van der Waals surface area (Å²) >= 11 is 6.16. The number of ether oxygens (including phenoxy) is 1. The average Bonchev–Trinajstić information content (AvgIpc) is 3.31. The Kier molecular flexibility index (Phi) is 4.63. The molecule has 0 unspecified atom stereocenters. The zero-order valence-corrected chi connectivity index (χ0v) is 15.4. The van der Waals surface area contributed by atoms with Crippen molar-refractivity contribution in [3.8, 4) is 5.75 Å². The van der Waals surface area contributed by atoms with E-state index in [0.29, 0.717) is 34.9 Å². The molecule has 27 heavy (non-hydrogen) atoms. The number of rotatable bonds is 3. The number of carbonyl (C=O) groups excluding carboxylic acids is 1. The van der Waals surface area contributed by atoms with Gasteiger partial charge in [0.05, 0.1) is 41.7 Å². The lowest BCUT2D eigenvalue weighted by molar-refractivity contribution is 0.125. The molecule has 4 rings (SSSR count). The molecule has 1 aliphatic rings. The van der Waals surface area contributed by atoms with Gasteiger partial charge in [-0.25, -0.2) is 4.79 Å². The molecule has 3 N–H and O–H groups in total. The molecule has 0 aliphatic carbocycles. The van der Waals surface area contributed by atoms with Gasteiger partial charge in [-0.2, -0.15) is 5.10 Å². The van der Waals surface area contributed by atoms with Crippen molar-refractivity contribution in [2.45, 2.75) is 18.6 Å². The van der Waals surface area contributed by atoms with Gasteiger partial charge in [0, 0.05) is 17.5 Å². The van der Waals surface area contributed by atoms with E-state index in [0.717, 1.165) is 10.9 Å². The number of hydrogen-bond donors (Lipinski definition) is 3. The number of anilines is 1. The van der Waals surface area contributed by atoms with Crippen molar-refractivity contribution in [1.29, 1.82) is 0 Å². The highest BCUT2D eigenvalue weighted by Crippen LogP contribution is 2.38. The molecule has 0 bridgehead atoms. The Balaban J connectivity index is 1.64. The molecular formula is C19H19ClN4O3. The topological polar surface area (TPSA) is 90.5 Å². The van der Waals surface area contributed by atoms with Crippen LogP contribution in [0.4, 0.5) is 10.5 Å². The summed E-state index contributed by atoms with van der Waals surface area (Å²) in [6.45, 7) is 0.440. The number of aliphatic hydroxyl groups is 1. The summed E-state index contributed by atoms with van der Waals surface area (Å²) < 4.78 is 5.42. The van der Waals surface area contributed by atoms with Gasteiger partial charge in [-0.1, -0.05) is 29.8 Å². The summed E-state index contributed by atoms with van der Waals surface area (Å²) in [6, 6.07) is 10.1. The van der Waals surface area contributed by atoms with Crippen molar-refractivity contribution in [3.05, 3.63) is 53.2 Å². The number of fused-ring (bicyclic) bond motifs is 1. The quantitative estimate of drug-likeness (QED) is 0.641. The maximum Gasteiger partial charge on any atom is 0.322 e. The van der Waals surface area contributed by atoms with Gasteiger partial charge in [-0.05, 0) is 24.6 Å². The Hall–Kier alpha value is -2.77. The summed E-state index contributed by atoms with van der Waals surface area (Å²) in [4.78, 5) is 14.6. The molecule has 2 amide bonds. The minimum Gasteiger partial charge on any atom is -0.496 e. The number of nitrogens with zero attached hydrogens (tertiary/aromatic N) is 2. The van der Waals surface area contributed by atoms with Gasteiger partial charge >= 0.3 is 6.03 Å². The van der Waals surface area contributed by atoms with Gasteiger partial charge in [0.2, 0.25) is 0 Å². The maximum atomic E-state index is 13.0. The number of carbonyl (C=O) groups is 1. The maximum absolute atomic E-state index is 13.0. The van der Waals surface area contributed by atoms with E-state index in [1.807, 2.05) is 24.3 Å². The number of urea groups is 1. The van der Waals surface area contributed by atoms with Gasteiger partial charge in [-0.3, -0.25) is 5.10 Å². The van der Waals surface area contributed by atoms with E-state index < -0.39 is 12.1 Å². The highest BCUT2D eigenvalue weighted by atomic mass is 35.5. The molecule has 1 fully saturated rings. The minimum atomic E-state index is -0.663. The predicted molar refractivity (Wildman–Crippen MR) is 103 cm³/mol. The Labute approximate surface area is 160 Å². The number of para-hydroxylation sites is 1. The molecule has 1 saturated heterocycles. The number of aliphatic hydroxyl groups excluding tert-OH is 1. The second-order valence-corrected chi connectivity index (χ2v) is 6.83. The highest BCUT2D eigenvalue weighted by molar-refractivity contribution is 6.35. The second kappa shape index (κ2) is 7.09. The Bertz CT molecular complexity index is 990. The van der Waals surface area contributed by atoms with Crippen LogP contribution in [0, 0.1) is 0 Å². The van der Waals surface area contributed by atoms with Crippen molar-refractivity contribution in [2.24, 2.45) is 0 Å². The molecule has 1 aliphatic heterocycles. The number of H-pyrrole nitrogens is 1. The van der Waals surface area contributed by atoms with Crippen molar-refractivity contribution >= 4 is 34.2 Å². The summed E-state index contributed by atoms with van der Waals surface area (Å²) in [5.74, 6) is 0.642. The lowest BCUT2D eigenvalue weighted by atomic mass is 10.0. The predicted octanol–water partition coefficient (Wildman–Crippen LogP) is 3.56. The van der Waals surface area contributed by atoms with E-state index in [1.165, 1.54) is 0 Å². The van der Waals surface area contributed by atoms with Crippen LogP contribution in [0.5, 0.6) is 5.75 Å². The zero-order valence-electron chi connectivity index (χ0n) is 14.6. The number of aromatic amines is 1. The van der Waals surface area contributed by atoms with E-state index in [1.54, 1.807) is 30.3 Å². The molecule has 2 aromatic carbocycles. The molecule has 3 aromatic rings. The van der Waals surface area contributed by atoms with Gasteiger partial charge < -0.3 is 20.1 Å². The first-order valence-electron chi connectivity index (χ1n) is 8.60. The lowest BCUT2D eigenvalue weighted by Crippen LogP contribution is -2.36. The number of amides is 2. The van der Waals surface area contributed by atoms with E-state index >= 15 is 0 Å². The molecule has 2 heterocycles. The number of nitrogens with one attached hydrogen (secondary N) is 2. The third kappa shape index (κ3) is 3.09. The first-order chi connectivity index (χ1) is 13.1. The largest absolute Gasteiger partial charge is 0.496 e. The minimum absolute atomic E-state index is 0.305. The van der Waals surface area contributed by atoms with Crippen LogP contribution in [0.15, 0.2) is 42.6 Å². The van der Waals surface area contributed by atoms with E-state index in [-0.39, 0.29) is 6.03 Å². The normalized spacial score (nSPS) is 19.4. The number of halogens is 1. The molecule has 8 heteroatoms. The first kappa shape index (κ1) is 17.6. The summed E-state index contributed by atoms with van der Waals surface area (Å²) in [5, 5.41) is 21.6. The van der Waals surface area contributed by atoms with Crippen molar-refractivity contribution in [3.63, 3.8) is 0 Å². The monoisotopic (exact) mass is 386 g/mol. The number of aromatic nitrogens is 2. The van der Waals surface area contributed by atoms with Gasteiger partial charge in [-0.15, -0.1) is 0 Å².